The highest BCUT2D eigenvalue weighted by molar-refractivity contribution is 7.92. The largest absolute Gasteiger partial charge is 0.497 e. The van der Waals surface area contributed by atoms with Crippen LogP contribution in [0.25, 0.3) is 10.8 Å². The van der Waals surface area contributed by atoms with Crippen LogP contribution in [-0.2, 0) is 14.8 Å². The number of ether oxygens (including phenoxy) is 1. The van der Waals surface area contributed by atoms with Gasteiger partial charge in [-0.2, -0.15) is 0 Å². The zero-order valence-corrected chi connectivity index (χ0v) is 18.1. The van der Waals surface area contributed by atoms with Gasteiger partial charge in [0.25, 0.3) is 0 Å². The Bertz CT molecular complexity index is 1120. The quantitative estimate of drug-likeness (QED) is 0.593. The predicted molar refractivity (Wildman–Crippen MR) is 120 cm³/mol. The van der Waals surface area contributed by atoms with Gasteiger partial charge in [-0.05, 0) is 35.6 Å². The summed E-state index contributed by atoms with van der Waals surface area (Å²) >= 11 is 0. The Morgan fingerprint density at radius 2 is 1.70 bits per heavy atom. The van der Waals surface area contributed by atoms with Crippen molar-refractivity contribution in [2.75, 3.05) is 24.2 Å². The van der Waals surface area contributed by atoms with E-state index in [0.29, 0.717) is 12.1 Å². The number of hydrogen-bond acceptors (Lipinski definition) is 4. The number of nitrogens with zero attached hydrogens (tertiary/aromatic N) is 1. The number of fused-ring (bicyclic) bond motifs is 1. The maximum Gasteiger partial charge on any atom is 0.241 e. The van der Waals surface area contributed by atoms with Gasteiger partial charge in [-0.1, -0.05) is 55.5 Å². The first kappa shape index (κ1) is 21.6. The SMILES string of the molecule is CC[C@H](NC(=O)CN(c1cccc2ccccc12)S(C)(=O)=O)c1ccc(OC)cc1. The minimum atomic E-state index is -3.66. The summed E-state index contributed by atoms with van der Waals surface area (Å²) in [4.78, 5) is 12.8. The molecule has 1 atom stereocenters. The van der Waals surface area contributed by atoms with Gasteiger partial charge >= 0.3 is 0 Å². The number of anilines is 1. The minimum absolute atomic E-state index is 0.225. The summed E-state index contributed by atoms with van der Waals surface area (Å²) < 4.78 is 31.4. The molecule has 7 heteroatoms. The van der Waals surface area contributed by atoms with Crippen LogP contribution in [0.4, 0.5) is 5.69 Å². The lowest BCUT2D eigenvalue weighted by Crippen LogP contribution is -2.41. The first-order chi connectivity index (χ1) is 14.3. The average molecular weight is 427 g/mol. The fraction of sp³-hybridized carbons (Fsp3) is 0.261. The lowest BCUT2D eigenvalue weighted by atomic mass is 10.0. The second-order valence-electron chi connectivity index (χ2n) is 7.07. The maximum atomic E-state index is 12.8. The number of sulfonamides is 1. The predicted octanol–water partition coefficient (Wildman–Crippen LogP) is 3.88. The molecule has 0 bridgehead atoms. The molecule has 1 amide bonds. The van der Waals surface area contributed by atoms with Crippen molar-refractivity contribution in [1.82, 2.24) is 5.32 Å². The number of carbonyl (C=O) groups excluding carboxylic acids is 1. The maximum absolute atomic E-state index is 12.8. The monoisotopic (exact) mass is 426 g/mol. The third kappa shape index (κ3) is 4.91. The van der Waals surface area contributed by atoms with E-state index in [1.807, 2.05) is 61.5 Å². The van der Waals surface area contributed by atoms with Gasteiger partial charge in [-0.25, -0.2) is 8.42 Å². The molecule has 0 aliphatic carbocycles. The lowest BCUT2D eigenvalue weighted by molar-refractivity contribution is -0.120. The van der Waals surface area contributed by atoms with Crippen LogP contribution in [0.5, 0.6) is 5.75 Å². The van der Waals surface area contributed by atoms with E-state index in [9.17, 15) is 13.2 Å². The first-order valence-corrected chi connectivity index (χ1v) is 11.6. The third-order valence-electron chi connectivity index (χ3n) is 4.98. The number of amides is 1. The lowest BCUT2D eigenvalue weighted by Gasteiger charge is -2.25. The van der Waals surface area contributed by atoms with Gasteiger partial charge in [0.1, 0.15) is 12.3 Å². The molecule has 1 N–H and O–H groups in total. The Morgan fingerprint density at radius 1 is 1.03 bits per heavy atom. The Hall–Kier alpha value is -3.06. The first-order valence-electron chi connectivity index (χ1n) is 9.72. The normalized spacial score (nSPS) is 12.4. The van der Waals surface area contributed by atoms with Crippen LogP contribution in [0.15, 0.2) is 66.7 Å². The molecule has 30 heavy (non-hydrogen) atoms. The molecule has 0 aromatic heterocycles. The van der Waals surface area contributed by atoms with E-state index in [1.165, 1.54) is 0 Å². The molecule has 0 aliphatic rings. The highest BCUT2D eigenvalue weighted by atomic mass is 32.2. The minimum Gasteiger partial charge on any atom is -0.497 e. The standard InChI is InChI=1S/C23H26N2O4S/c1-4-21(18-12-14-19(29-2)15-13-18)24-23(26)16-25(30(3,27)28)22-11-7-9-17-8-5-6-10-20(17)22/h5-15,21H,4,16H2,1-3H3,(H,24,26)/t21-/m0/s1. The van der Waals surface area contributed by atoms with Gasteiger partial charge in [-0.3, -0.25) is 9.10 Å². The van der Waals surface area contributed by atoms with Gasteiger partial charge in [0.2, 0.25) is 15.9 Å². The van der Waals surface area contributed by atoms with Crippen molar-refractivity contribution < 1.29 is 17.9 Å². The van der Waals surface area contributed by atoms with Gasteiger partial charge in [0, 0.05) is 5.39 Å². The van der Waals surface area contributed by atoms with Crippen LogP contribution < -0.4 is 14.4 Å². The molecule has 0 spiro atoms. The van der Waals surface area contributed by atoms with Crippen molar-refractivity contribution in [3.05, 3.63) is 72.3 Å². The fourth-order valence-corrected chi connectivity index (χ4v) is 4.30. The molecule has 0 fully saturated rings. The second kappa shape index (κ2) is 9.17. The van der Waals surface area contributed by atoms with Gasteiger partial charge in [0.05, 0.1) is 25.1 Å². The van der Waals surface area contributed by atoms with Crippen molar-refractivity contribution in [2.24, 2.45) is 0 Å². The van der Waals surface area contributed by atoms with E-state index in [4.69, 9.17) is 4.74 Å². The summed E-state index contributed by atoms with van der Waals surface area (Å²) in [5, 5.41) is 4.64. The molecule has 3 aromatic rings. The van der Waals surface area contributed by atoms with Gasteiger partial charge in [0.15, 0.2) is 0 Å². The zero-order chi connectivity index (χ0) is 21.7. The van der Waals surface area contributed by atoms with E-state index in [2.05, 4.69) is 5.32 Å². The van der Waals surface area contributed by atoms with E-state index in [1.54, 1.807) is 19.2 Å². The Kier molecular flexibility index (Phi) is 6.62. The van der Waals surface area contributed by atoms with Crippen LogP contribution in [0.2, 0.25) is 0 Å². The number of methoxy groups -OCH3 is 1. The number of rotatable bonds is 8. The van der Waals surface area contributed by atoms with Crippen molar-refractivity contribution >= 4 is 32.4 Å². The Labute approximate surface area is 177 Å². The number of hydrogen-bond donors (Lipinski definition) is 1. The van der Waals surface area contributed by atoms with E-state index >= 15 is 0 Å². The molecule has 0 radical (unpaired) electrons. The molecule has 0 unspecified atom stereocenters. The van der Waals surface area contributed by atoms with E-state index < -0.39 is 10.0 Å². The van der Waals surface area contributed by atoms with Crippen molar-refractivity contribution in [3.8, 4) is 5.75 Å². The van der Waals surface area contributed by atoms with Gasteiger partial charge < -0.3 is 10.1 Å². The summed E-state index contributed by atoms with van der Waals surface area (Å²) in [6.45, 7) is 1.67. The molecule has 158 valence electrons. The number of benzene rings is 3. The highest BCUT2D eigenvalue weighted by Crippen LogP contribution is 2.28. The molecule has 0 aliphatic heterocycles. The molecule has 3 aromatic carbocycles. The molecule has 0 saturated heterocycles. The summed E-state index contributed by atoms with van der Waals surface area (Å²) in [7, 11) is -2.07. The number of nitrogens with one attached hydrogen (secondary N) is 1. The smallest absolute Gasteiger partial charge is 0.241 e. The highest BCUT2D eigenvalue weighted by Gasteiger charge is 2.24. The van der Waals surface area contributed by atoms with Crippen LogP contribution in [-0.4, -0.2) is 34.2 Å². The second-order valence-corrected chi connectivity index (χ2v) is 8.98. The fourth-order valence-electron chi connectivity index (χ4n) is 3.43. The van der Waals surface area contributed by atoms with Gasteiger partial charge in [-0.15, -0.1) is 0 Å². The summed E-state index contributed by atoms with van der Waals surface area (Å²) in [5.41, 5.74) is 1.42. The topological polar surface area (TPSA) is 75.7 Å². The molecular weight excluding hydrogens is 400 g/mol. The van der Waals surface area contributed by atoms with E-state index in [-0.39, 0.29) is 18.5 Å². The van der Waals surface area contributed by atoms with E-state index in [0.717, 1.165) is 32.6 Å². The van der Waals surface area contributed by atoms with Crippen molar-refractivity contribution in [1.29, 1.82) is 0 Å². The van der Waals surface area contributed by atoms with Crippen molar-refractivity contribution in [3.63, 3.8) is 0 Å². The van der Waals surface area contributed by atoms with Crippen LogP contribution in [0.1, 0.15) is 24.9 Å². The zero-order valence-electron chi connectivity index (χ0n) is 17.3. The molecular formula is C23H26N2O4S. The molecule has 6 nitrogen and oxygen atoms in total. The summed E-state index contributed by atoms with van der Waals surface area (Å²) in [6.07, 6.45) is 1.79. The van der Waals surface area contributed by atoms with Crippen LogP contribution >= 0.6 is 0 Å². The summed E-state index contributed by atoms with van der Waals surface area (Å²) in [6, 6.07) is 20.2. The molecule has 0 heterocycles. The van der Waals surface area contributed by atoms with Crippen LogP contribution in [0.3, 0.4) is 0 Å². The summed E-state index contributed by atoms with van der Waals surface area (Å²) in [5.74, 6) is 0.371. The average Bonchev–Trinajstić information content (AvgIpc) is 2.75. The Morgan fingerprint density at radius 3 is 2.33 bits per heavy atom. The molecule has 0 saturated carbocycles. The third-order valence-corrected chi connectivity index (χ3v) is 6.11. The number of carbonyl (C=O) groups is 1. The van der Waals surface area contributed by atoms with Crippen LogP contribution in [0, 0.1) is 0 Å². The Balaban J connectivity index is 1.85. The van der Waals surface area contributed by atoms with Crippen molar-refractivity contribution in [2.45, 2.75) is 19.4 Å². The molecule has 3 rings (SSSR count).